The van der Waals surface area contributed by atoms with Crippen LogP contribution in [-0.4, -0.2) is 49.1 Å². The molecule has 0 aromatic heterocycles. The second kappa shape index (κ2) is 8.86. The predicted octanol–water partition coefficient (Wildman–Crippen LogP) is 4.30. The molecule has 0 amide bonds. The lowest BCUT2D eigenvalue weighted by atomic mass is 10.2. The van der Waals surface area contributed by atoms with Gasteiger partial charge in [-0.25, -0.2) is 0 Å². The SMILES string of the molecule is Clc1ccc(OCCN2CCN(Cc3ccc(Br)cc3)CC2)cc1. The molecule has 3 rings (SSSR count). The number of hydrogen-bond acceptors (Lipinski definition) is 3. The quantitative estimate of drug-likeness (QED) is 0.707. The van der Waals surface area contributed by atoms with Gasteiger partial charge in [0, 0.05) is 48.8 Å². The van der Waals surface area contributed by atoms with Gasteiger partial charge in [-0.15, -0.1) is 0 Å². The number of hydrogen-bond donors (Lipinski definition) is 0. The highest BCUT2D eigenvalue weighted by Crippen LogP contribution is 2.16. The summed E-state index contributed by atoms with van der Waals surface area (Å²) < 4.78 is 6.91. The van der Waals surface area contributed by atoms with Crippen molar-refractivity contribution in [1.29, 1.82) is 0 Å². The topological polar surface area (TPSA) is 15.7 Å². The lowest BCUT2D eigenvalue weighted by molar-refractivity contribution is 0.112. The minimum Gasteiger partial charge on any atom is -0.492 e. The Morgan fingerprint density at radius 2 is 1.50 bits per heavy atom. The first-order valence-corrected chi connectivity index (χ1v) is 9.44. The first-order chi connectivity index (χ1) is 11.7. The van der Waals surface area contributed by atoms with Crippen LogP contribution in [0.5, 0.6) is 5.75 Å². The third kappa shape index (κ3) is 5.49. The van der Waals surface area contributed by atoms with E-state index in [0.29, 0.717) is 6.61 Å². The van der Waals surface area contributed by atoms with Crippen molar-refractivity contribution in [2.75, 3.05) is 39.3 Å². The van der Waals surface area contributed by atoms with Crippen molar-refractivity contribution < 1.29 is 4.74 Å². The fraction of sp³-hybridized carbons (Fsp3) is 0.368. The van der Waals surface area contributed by atoms with Gasteiger partial charge in [-0.2, -0.15) is 0 Å². The van der Waals surface area contributed by atoms with E-state index in [-0.39, 0.29) is 0 Å². The summed E-state index contributed by atoms with van der Waals surface area (Å²) in [5.41, 5.74) is 1.37. The van der Waals surface area contributed by atoms with Gasteiger partial charge in [-0.3, -0.25) is 9.80 Å². The molecule has 1 aliphatic rings. The first kappa shape index (κ1) is 17.7. The molecule has 0 aliphatic carbocycles. The van der Waals surface area contributed by atoms with E-state index in [1.165, 1.54) is 5.56 Å². The summed E-state index contributed by atoms with van der Waals surface area (Å²) in [4.78, 5) is 4.98. The zero-order valence-electron chi connectivity index (χ0n) is 13.6. The zero-order valence-corrected chi connectivity index (χ0v) is 16.0. The molecule has 0 saturated carbocycles. The Morgan fingerprint density at radius 1 is 0.875 bits per heavy atom. The van der Waals surface area contributed by atoms with Crippen LogP contribution in [0, 0.1) is 0 Å². The van der Waals surface area contributed by atoms with Crippen molar-refractivity contribution in [2.45, 2.75) is 6.54 Å². The van der Waals surface area contributed by atoms with Crippen molar-refractivity contribution in [1.82, 2.24) is 9.80 Å². The minimum absolute atomic E-state index is 0.717. The molecule has 2 aromatic rings. The standard InChI is InChI=1S/C19H22BrClN2O/c20-17-3-1-16(2-4-17)15-23-11-9-22(10-12-23)13-14-24-19-7-5-18(21)6-8-19/h1-8H,9-15H2. The van der Waals surface area contributed by atoms with Gasteiger partial charge in [0.05, 0.1) is 0 Å². The van der Waals surface area contributed by atoms with Crippen LogP contribution < -0.4 is 4.74 Å². The molecule has 128 valence electrons. The Bertz CT molecular complexity index is 625. The van der Waals surface area contributed by atoms with Crippen LogP contribution in [0.1, 0.15) is 5.56 Å². The summed E-state index contributed by atoms with van der Waals surface area (Å²) >= 11 is 9.36. The molecule has 0 atom stereocenters. The average molecular weight is 410 g/mol. The molecule has 5 heteroatoms. The van der Waals surface area contributed by atoms with Crippen molar-refractivity contribution in [3.63, 3.8) is 0 Å². The molecule has 3 nitrogen and oxygen atoms in total. The molecule has 0 N–H and O–H groups in total. The maximum atomic E-state index is 5.88. The Balaban J connectivity index is 1.36. The van der Waals surface area contributed by atoms with Crippen LogP contribution in [0.2, 0.25) is 5.02 Å². The van der Waals surface area contributed by atoms with E-state index >= 15 is 0 Å². The predicted molar refractivity (Wildman–Crippen MR) is 103 cm³/mol. The molecule has 0 unspecified atom stereocenters. The summed E-state index contributed by atoms with van der Waals surface area (Å²) in [6.07, 6.45) is 0. The van der Waals surface area contributed by atoms with E-state index in [1.54, 1.807) is 0 Å². The number of piperazine rings is 1. The summed E-state index contributed by atoms with van der Waals surface area (Å²) in [5.74, 6) is 0.883. The maximum absolute atomic E-state index is 5.88. The Morgan fingerprint density at radius 3 is 2.17 bits per heavy atom. The normalized spacial score (nSPS) is 16.2. The molecule has 1 heterocycles. The Hall–Kier alpha value is -1.07. The van der Waals surface area contributed by atoms with Gasteiger partial charge in [0.1, 0.15) is 12.4 Å². The third-order valence-corrected chi connectivity index (χ3v) is 5.05. The average Bonchev–Trinajstić information content (AvgIpc) is 2.60. The van der Waals surface area contributed by atoms with Gasteiger partial charge in [0.25, 0.3) is 0 Å². The second-order valence-corrected chi connectivity index (χ2v) is 7.40. The van der Waals surface area contributed by atoms with E-state index in [0.717, 1.165) is 54.5 Å². The highest BCUT2D eigenvalue weighted by atomic mass is 79.9. The summed E-state index contributed by atoms with van der Waals surface area (Å²) in [6, 6.07) is 16.2. The fourth-order valence-corrected chi connectivity index (χ4v) is 3.23. The van der Waals surface area contributed by atoms with Crippen LogP contribution in [0.3, 0.4) is 0 Å². The third-order valence-electron chi connectivity index (χ3n) is 4.27. The Kier molecular flexibility index (Phi) is 6.55. The highest BCUT2D eigenvalue weighted by molar-refractivity contribution is 9.10. The van der Waals surface area contributed by atoms with Gasteiger partial charge in [0.2, 0.25) is 0 Å². The fourth-order valence-electron chi connectivity index (χ4n) is 2.84. The summed E-state index contributed by atoms with van der Waals surface area (Å²) in [6.45, 7) is 7.13. The second-order valence-electron chi connectivity index (χ2n) is 6.05. The van der Waals surface area contributed by atoms with Crippen LogP contribution in [-0.2, 0) is 6.54 Å². The molecule has 2 aromatic carbocycles. The molecule has 1 saturated heterocycles. The van der Waals surface area contributed by atoms with E-state index in [4.69, 9.17) is 16.3 Å². The lowest BCUT2D eigenvalue weighted by Gasteiger charge is -2.34. The van der Waals surface area contributed by atoms with Gasteiger partial charge in [0.15, 0.2) is 0 Å². The van der Waals surface area contributed by atoms with E-state index in [9.17, 15) is 0 Å². The van der Waals surface area contributed by atoms with E-state index < -0.39 is 0 Å². The van der Waals surface area contributed by atoms with Crippen molar-refractivity contribution in [3.05, 3.63) is 63.6 Å². The smallest absolute Gasteiger partial charge is 0.119 e. The number of ether oxygens (including phenoxy) is 1. The molecular weight excluding hydrogens is 388 g/mol. The highest BCUT2D eigenvalue weighted by Gasteiger charge is 2.16. The molecule has 0 spiro atoms. The van der Waals surface area contributed by atoms with Crippen LogP contribution in [0.15, 0.2) is 53.0 Å². The van der Waals surface area contributed by atoms with Gasteiger partial charge < -0.3 is 4.74 Å². The van der Waals surface area contributed by atoms with Crippen LogP contribution in [0.4, 0.5) is 0 Å². The largest absolute Gasteiger partial charge is 0.492 e. The summed E-state index contributed by atoms with van der Waals surface area (Å²) in [7, 11) is 0. The van der Waals surface area contributed by atoms with Crippen molar-refractivity contribution in [3.8, 4) is 5.75 Å². The molecular formula is C19H22BrClN2O. The van der Waals surface area contributed by atoms with E-state index in [2.05, 4.69) is 50.0 Å². The molecule has 0 radical (unpaired) electrons. The molecule has 24 heavy (non-hydrogen) atoms. The van der Waals surface area contributed by atoms with Crippen LogP contribution in [0.25, 0.3) is 0 Å². The number of nitrogens with zero attached hydrogens (tertiary/aromatic N) is 2. The van der Waals surface area contributed by atoms with Crippen LogP contribution >= 0.6 is 27.5 Å². The van der Waals surface area contributed by atoms with Crippen molar-refractivity contribution in [2.24, 2.45) is 0 Å². The first-order valence-electron chi connectivity index (χ1n) is 8.26. The number of halogens is 2. The molecule has 0 bridgehead atoms. The number of rotatable bonds is 6. The lowest BCUT2D eigenvalue weighted by Crippen LogP contribution is -2.47. The minimum atomic E-state index is 0.717. The van der Waals surface area contributed by atoms with Crippen molar-refractivity contribution >= 4 is 27.5 Å². The monoisotopic (exact) mass is 408 g/mol. The zero-order chi connectivity index (χ0) is 16.8. The van der Waals surface area contributed by atoms with Gasteiger partial charge in [-0.1, -0.05) is 39.7 Å². The number of benzene rings is 2. The Labute approximate surface area is 157 Å². The van der Waals surface area contributed by atoms with E-state index in [1.807, 2.05) is 24.3 Å². The molecule has 1 fully saturated rings. The molecule has 1 aliphatic heterocycles. The van der Waals surface area contributed by atoms with Gasteiger partial charge in [-0.05, 0) is 42.0 Å². The maximum Gasteiger partial charge on any atom is 0.119 e. The van der Waals surface area contributed by atoms with Gasteiger partial charge >= 0.3 is 0 Å². The summed E-state index contributed by atoms with van der Waals surface area (Å²) in [5, 5.41) is 0.740.